The standard InChI is InChI=1S/C26H50O4/c1-3-5-7-9-11-12-13-15-20-24-30-26(28)22-18-16-17-21-25(27)29-23-19-14-10-8-6-4-2/h3-24H2,1-2H3. The molecule has 0 aromatic carbocycles. The summed E-state index contributed by atoms with van der Waals surface area (Å²) >= 11 is 0. The van der Waals surface area contributed by atoms with E-state index in [1.165, 1.54) is 70.6 Å². The van der Waals surface area contributed by atoms with Crippen molar-refractivity contribution in [1.82, 2.24) is 0 Å². The lowest BCUT2D eigenvalue weighted by Gasteiger charge is -2.06. The Bertz CT molecular complexity index is 381. The molecular formula is C26H50O4. The molecule has 4 nitrogen and oxygen atoms in total. The number of ether oxygens (including phenoxy) is 2. The van der Waals surface area contributed by atoms with Gasteiger partial charge in [-0.15, -0.1) is 0 Å². The highest BCUT2D eigenvalue weighted by Crippen LogP contribution is 2.10. The minimum absolute atomic E-state index is 0.0970. The highest BCUT2D eigenvalue weighted by Gasteiger charge is 2.05. The van der Waals surface area contributed by atoms with Crippen molar-refractivity contribution in [2.45, 2.75) is 142 Å². The Morgan fingerprint density at radius 2 is 0.733 bits per heavy atom. The Hall–Kier alpha value is -1.06. The average Bonchev–Trinajstić information content (AvgIpc) is 2.74. The number of rotatable bonds is 23. The van der Waals surface area contributed by atoms with E-state index < -0.39 is 0 Å². The average molecular weight is 427 g/mol. The zero-order chi connectivity index (χ0) is 22.1. The minimum atomic E-state index is -0.100. The summed E-state index contributed by atoms with van der Waals surface area (Å²) in [5.74, 6) is -0.197. The van der Waals surface area contributed by atoms with Crippen LogP contribution >= 0.6 is 0 Å². The molecule has 0 spiro atoms. The number of unbranched alkanes of at least 4 members (excludes halogenated alkanes) is 15. The van der Waals surface area contributed by atoms with Crippen LogP contribution < -0.4 is 0 Å². The van der Waals surface area contributed by atoms with E-state index in [2.05, 4.69) is 13.8 Å². The molecule has 0 rings (SSSR count). The van der Waals surface area contributed by atoms with Gasteiger partial charge in [-0.3, -0.25) is 9.59 Å². The van der Waals surface area contributed by atoms with Gasteiger partial charge >= 0.3 is 11.9 Å². The summed E-state index contributed by atoms with van der Waals surface area (Å²) in [4.78, 5) is 23.4. The van der Waals surface area contributed by atoms with Gasteiger partial charge in [0.05, 0.1) is 13.2 Å². The molecule has 0 unspecified atom stereocenters. The van der Waals surface area contributed by atoms with Crippen molar-refractivity contribution in [2.24, 2.45) is 0 Å². The van der Waals surface area contributed by atoms with Crippen LogP contribution in [0.3, 0.4) is 0 Å². The van der Waals surface area contributed by atoms with Gasteiger partial charge < -0.3 is 9.47 Å². The lowest BCUT2D eigenvalue weighted by molar-refractivity contribution is -0.144. The van der Waals surface area contributed by atoms with E-state index in [0.29, 0.717) is 26.1 Å². The van der Waals surface area contributed by atoms with E-state index in [-0.39, 0.29) is 11.9 Å². The molecule has 0 heterocycles. The van der Waals surface area contributed by atoms with E-state index in [9.17, 15) is 9.59 Å². The molecule has 0 aliphatic rings. The van der Waals surface area contributed by atoms with E-state index in [0.717, 1.165) is 44.9 Å². The maximum absolute atomic E-state index is 11.7. The van der Waals surface area contributed by atoms with E-state index in [1.54, 1.807) is 0 Å². The fourth-order valence-corrected chi connectivity index (χ4v) is 3.53. The molecule has 0 bridgehead atoms. The zero-order valence-corrected chi connectivity index (χ0v) is 20.2. The van der Waals surface area contributed by atoms with Gasteiger partial charge in [-0.05, 0) is 25.7 Å². The van der Waals surface area contributed by atoms with Gasteiger partial charge in [-0.25, -0.2) is 0 Å². The van der Waals surface area contributed by atoms with E-state index >= 15 is 0 Å². The first-order chi connectivity index (χ1) is 14.7. The predicted molar refractivity (Wildman–Crippen MR) is 126 cm³/mol. The molecule has 0 aromatic heterocycles. The normalized spacial score (nSPS) is 10.9. The van der Waals surface area contributed by atoms with Crippen molar-refractivity contribution in [1.29, 1.82) is 0 Å². The maximum atomic E-state index is 11.7. The van der Waals surface area contributed by atoms with Crippen molar-refractivity contribution < 1.29 is 19.1 Å². The van der Waals surface area contributed by atoms with Crippen LogP contribution in [-0.2, 0) is 19.1 Å². The monoisotopic (exact) mass is 426 g/mol. The van der Waals surface area contributed by atoms with Crippen LogP contribution in [0, 0.1) is 0 Å². The molecular weight excluding hydrogens is 376 g/mol. The molecule has 0 aromatic rings. The first-order valence-electron chi connectivity index (χ1n) is 13.0. The Morgan fingerprint density at radius 1 is 0.433 bits per heavy atom. The smallest absolute Gasteiger partial charge is 0.305 e. The summed E-state index contributed by atoms with van der Waals surface area (Å²) in [6.07, 6.45) is 22.0. The molecule has 0 aliphatic carbocycles. The van der Waals surface area contributed by atoms with Crippen LogP contribution in [0.2, 0.25) is 0 Å². The lowest BCUT2D eigenvalue weighted by atomic mass is 10.1. The topological polar surface area (TPSA) is 52.6 Å². The minimum Gasteiger partial charge on any atom is -0.466 e. The third-order valence-corrected chi connectivity index (χ3v) is 5.53. The summed E-state index contributed by atoms with van der Waals surface area (Å²) in [7, 11) is 0. The van der Waals surface area contributed by atoms with Crippen molar-refractivity contribution in [3.63, 3.8) is 0 Å². The molecule has 178 valence electrons. The van der Waals surface area contributed by atoms with Gasteiger partial charge in [-0.2, -0.15) is 0 Å². The molecule has 30 heavy (non-hydrogen) atoms. The van der Waals surface area contributed by atoms with E-state index in [4.69, 9.17) is 9.47 Å². The van der Waals surface area contributed by atoms with Crippen LogP contribution in [0.4, 0.5) is 0 Å². The second-order valence-electron chi connectivity index (χ2n) is 8.60. The summed E-state index contributed by atoms with van der Waals surface area (Å²) < 4.78 is 10.6. The molecule has 0 saturated carbocycles. The van der Waals surface area contributed by atoms with Gasteiger partial charge in [0.25, 0.3) is 0 Å². The Labute approximate surface area is 186 Å². The molecule has 0 aliphatic heterocycles. The fourth-order valence-electron chi connectivity index (χ4n) is 3.53. The Morgan fingerprint density at radius 3 is 1.10 bits per heavy atom. The van der Waals surface area contributed by atoms with Crippen LogP contribution in [0.25, 0.3) is 0 Å². The van der Waals surface area contributed by atoms with Gasteiger partial charge in [-0.1, -0.05) is 104 Å². The summed E-state index contributed by atoms with van der Waals surface area (Å²) in [5.41, 5.74) is 0. The second kappa shape index (κ2) is 24.2. The first-order valence-corrected chi connectivity index (χ1v) is 13.0. The quantitative estimate of drug-likeness (QED) is 0.123. The molecule has 0 atom stereocenters. The largest absolute Gasteiger partial charge is 0.466 e. The first kappa shape index (κ1) is 28.9. The second-order valence-corrected chi connectivity index (χ2v) is 8.60. The van der Waals surface area contributed by atoms with Crippen molar-refractivity contribution >= 4 is 11.9 Å². The SMILES string of the molecule is CCCCCCCCCCCOC(=O)CCCCCC(=O)OCCCCCCCC. The number of esters is 2. The van der Waals surface area contributed by atoms with Crippen molar-refractivity contribution in [2.75, 3.05) is 13.2 Å². The number of hydrogen-bond donors (Lipinski definition) is 0. The van der Waals surface area contributed by atoms with Crippen LogP contribution in [-0.4, -0.2) is 25.2 Å². The van der Waals surface area contributed by atoms with Gasteiger partial charge in [0.1, 0.15) is 0 Å². The van der Waals surface area contributed by atoms with Gasteiger partial charge in [0.2, 0.25) is 0 Å². The molecule has 0 saturated heterocycles. The molecule has 0 radical (unpaired) electrons. The number of carbonyl (C=O) groups excluding carboxylic acids is 2. The Balaban J connectivity index is 3.28. The summed E-state index contributed by atoms with van der Waals surface area (Å²) in [6.45, 7) is 5.56. The molecule has 0 fully saturated rings. The highest BCUT2D eigenvalue weighted by atomic mass is 16.5. The zero-order valence-electron chi connectivity index (χ0n) is 20.2. The van der Waals surface area contributed by atoms with Gasteiger partial charge in [0.15, 0.2) is 0 Å². The van der Waals surface area contributed by atoms with Crippen LogP contribution in [0.5, 0.6) is 0 Å². The van der Waals surface area contributed by atoms with Crippen molar-refractivity contribution in [3.05, 3.63) is 0 Å². The van der Waals surface area contributed by atoms with Crippen molar-refractivity contribution in [3.8, 4) is 0 Å². The molecule has 4 heteroatoms. The molecule has 0 amide bonds. The van der Waals surface area contributed by atoms with Gasteiger partial charge in [0, 0.05) is 12.8 Å². The summed E-state index contributed by atoms with van der Waals surface area (Å²) in [5, 5.41) is 0. The van der Waals surface area contributed by atoms with E-state index in [1.807, 2.05) is 0 Å². The molecule has 0 N–H and O–H groups in total. The predicted octanol–water partition coefficient (Wildman–Crippen LogP) is 7.91. The highest BCUT2D eigenvalue weighted by molar-refractivity contribution is 5.69. The van der Waals surface area contributed by atoms with Crippen LogP contribution in [0.15, 0.2) is 0 Å². The summed E-state index contributed by atoms with van der Waals surface area (Å²) in [6, 6.07) is 0. The number of carbonyl (C=O) groups is 2. The third kappa shape index (κ3) is 23.2. The third-order valence-electron chi connectivity index (χ3n) is 5.53. The Kier molecular flexibility index (Phi) is 23.4. The lowest BCUT2D eigenvalue weighted by Crippen LogP contribution is -2.07. The van der Waals surface area contributed by atoms with Crippen LogP contribution in [0.1, 0.15) is 142 Å². The fraction of sp³-hybridized carbons (Fsp3) is 0.923. The number of hydrogen-bond acceptors (Lipinski definition) is 4. The maximum Gasteiger partial charge on any atom is 0.305 e.